The lowest BCUT2D eigenvalue weighted by Gasteiger charge is -2.32. The van der Waals surface area contributed by atoms with Crippen molar-refractivity contribution in [2.45, 2.75) is 71.0 Å². The Morgan fingerprint density at radius 3 is 2.00 bits per heavy atom. The number of hydrogen-bond donors (Lipinski definition) is 0. The molecule has 1 aliphatic heterocycles. The largest absolute Gasteiger partial charge is 0.495 e. The van der Waals surface area contributed by atoms with Crippen molar-refractivity contribution in [2.24, 2.45) is 0 Å². The second-order valence-electron chi connectivity index (χ2n) is 7.08. The van der Waals surface area contributed by atoms with E-state index < -0.39 is 12.5 Å². The van der Waals surface area contributed by atoms with E-state index in [-0.39, 0.29) is 11.2 Å². The van der Waals surface area contributed by atoms with Crippen LogP contribution in [0.1, 0.15) is 59.9 Å². The van der Waals surface area contributed by atoms with Crippen LogP contribution >= 0.6 is 0 Å². The van der Waals surface area contributed by atoms with Crippen LogP contribution in [0.4, 0.5) is 0 Å². The highest BCUT2D eigenvalue weighted by atomic mass is 16.7. The molecule has 1 aromatic carbocycles. The Bertz CT molecular complexity index is 569. The molecule has 1 saturated heterocycles. The predicted octanol–water partition coefficient (Wildman–Crippen LogP) is 3.57. The van der Waals surface area contributed by atoms with E-state index in [4.69, 9.17) is 9.31 Å². The Balaban J connectivity index is 2.50. The molecule has 0 atom stereocenters. The molecule has 118 valence electrons. The summed E-state index contributed by atoms with van der Waals surface area (Å²) >= 11 is 0. The fraction of sp³-hybridized carbons (Fsp3) is 0.611. The van der Waals surface area contributed by atoms with Crippen molar-refractivity contribution < 1.29 is 9.31 Å². The van der Waals surface area contributed by atoms with Crippen molar-refractivity contribution in [3.05, 3.63) is 29.8 Å². The van der Waals surface area contributed by atoms with Gasteiger partial charge in [0, 0.05) is 0 Å². The lowest BCUT2D eigenvalue weighted by Crippen LogP contribution is -2.41. The van der Waals surface area contributed by atoms with Crippen molar-refractivity contribution in [1.82, 2.24) is 0 Å². The fourth-order valence-corrected chi connectivity index (χ4v) is 2.96. The van der Waals surface area contributed by atoms with Gasteiger partial charge in [-0.1, -0.05) is 38.1 Å². The summed E-state index contributed by atoms with van der Waals surface area (Å²) in [5.74, 6) is 0. The van der Waals surface area contributed by atoms with E-state index in [1.165, 1.54) is 0 Å². The van der Waals surface area contributed by atoms with Crippen LogP contribution in [0.15, 0.2) is 24.3 Å². The van der Waals surface area contributed by atoms with E-state index in [1.807, 2.05) is 52.0 Å². The first kappa shape index (κ1) is 17.1. The van der Waals surface area contributed by atoms with Gasteiger partial charge in [-0.15, -0.1) is 0 Å². The number of nitriles is 1. The van der Waals surface area contributed by atoms with Crippen LogP contribution in [0.5, 0.6) is 0 Å². The molecule has 22 heavy (non-hydrogen) atoms. The van der Waals surface area contributed by atoms with Crippen molar-refractivity contribution in [3.63, 3.8) is 0 Å². The Kier molecular flexibility index (Phi) is 4.43. The summed E-state index contributed by atoms with van der Waals surface area (Å²) in [6.07, 6.45) is 1.55. The molecular weight excluding hydrogens is 273 g/mol. The molecule has 0 aliphatic carbocycles. The maximum Gasteiger partial charge on any atom is 0.495 e. The van der Waals surface area contributed by atoms with Gasteiger partial charge < -0.3 is 9.31 Å². The molecule has 0 radical (unpaired) electrons. The maximum absolute atomic E-state index is 9.77. The van der Waals surface area contributed by atoms with Crippen molar-refractivity contribution in [3.8, 4) is 6.07 Å². The van der Waals surface area contributed by atoms with Crippen molar-refractivity contribution in [2.75, 3.05) is 0 Å². The molecule has 0 saturated carbocycles. The lowest BCUT2D eigenvalue weighted by atomic mass is 9.66. The maximum atomic E-state index is 9.77. The summed E-state index contributed by atoms with van der Waals surface area (Å²) in [7, 11) is -0.424. The summed E-state index contributed by atoms with van der Waals surface area (Å²) in [6, 6.07) is 10.6. The fourth-order valence-electron chi connectivity index (χ4n) is 2.96. The van der Waals surface area contributed by atoms with Crippen LogP contribution < -0.4 is 5.46 Å². The SMILES string of the molecule is CCC(C#N)(CC)c1ccccc1B1OC(C)(C)C(C)(C)O1. The minimum atomic E-state index is -0.486. The molecular formula is C18H26BNO2. The molecule has 1 aromatic rings. The van der Waals surface area contributed by atoms with Crippen LogP contribution in [0.3, 0.4) is 0 Å². The van der Waals surface area contributed by atoms with Crippen LogP contribution in [-0.4, -0.2) is 18.3 Å². The van der Waals surface area contributed by atoms with E-state index in [0.717, 1.165) is 23.9 Å². The smallest absolute Gasteiger partial charge is 0.399 e. The van der Waals surface area contributed by atoms with Crippen LogP contribution in [0.25, 0.3) is 0 Å². The Morgan fingerprint density at radius 2 is 1.55 bits per heavy atom. The molecule has 2 rings (SSSR count). The molecule has 0 aromatic heterocycles. The molecule has 0 unspecified atom stereocenters. The first-order valence-electron chi connectivity index (χ1n) is 8.09. The molecule has 0 spiro atoms. The zero-order valence-electron chi connectivity index (χ0n) is 14.6. The van der Waals surface area contributed by atoms with Crippen molar-refractivity contribution in [1.29, 1.82) is 5.26 Å². The third-order valence-electron chi connectivity index (χ3n) is 5.40. The standard InChI is InChI=1S/C18H26BNO2/c1-7-18(8-2,13-20)14-11-9-10-12-15(14)19-21-16(3,4)17(5,6)22-19/h9-12H,7-8H2,1-6H3. The highest BCUT2D eigenvalue weighted by Crippen LogP contribution is 2.38. The van der Waals surface area contributed by atoms with Crippen LogP contribution in [0, 0.1) is 11.3 Å². The van der Waals surface area contributed by atoms with Gasteiger partial charge in [0.25, 0.3) is 0 Å². The van der Waals surface area contributed by atoms with Gasteiger partial charge in [0.2, 0.25) is 0 Å². The van der Waals surface area contributed by atoms with Crippen molar-refractivity contribution >= 4 is 12.6 Å². The van der Waals surface area contributed by atoms with Gasteiger partial charge >= 0.3 is 7.12 Å². The summed E-state index contributed by atoms with van der Waals surface area (Å²) in [4.78, 5) is 0. The Morgan fingerprint density at radius 1 is 1.05 bits per heavy atom. The quantitative estimate of drug-likeness (QED) is 0.798. The molecule has 0 bridgehead atoms. The second-order valence-corrected chi connectivity index (χ2v) is 7.08. The van der Waals surface area contributed by atoms with E-state index in [9.17, 15) is 5.26 Å². The predicted molar refractivity (Wildman–Crippen MR) is 90.0 cm³/mol. The molecule has 1 aliphatic rings. The average molecular weight is 299 g/mol. The first-order chi connectivity index (χ1) is 10.2. The average Bonchev–Trinajstić information content (AvgIpc) is 2.70. The molecule has 4 heteroatoms. The highest BCUT2D eigenvalue weighted by molar-refractivity contribution is 6.62. The number of nitrogens with zero attached hydrogens (tertiary/aromatic N) is 1. The Labute approximate surface area is 134 Å². The molecule has 1 fully saturated rings. The van der Waals surface area contributed by atoms with Crippen LogP contribution in [0.2, 0.25) is 0 Å². The van der Waals surface area contributed by atoms with Gasteiger partial charge in [-0.3, -0.25) is 0 Å². The number of benzene rings is 1. The minimum absolute atomic E-state index is 0.376. The minimum Gasteiger partial charge on any atom is -0.399 e. The van der Waals surface area contributed by atoms with E-state index in [1.54, 1.807) is 0 Å². The van der Waals surface area contributed by atoms with Crippen LogP contribution in [-0.2, 0) is 14.7 Å². The molecule has 0 N–H and O–H groups in total. The normalized spacial score (nSPS) is 20.0. The summed E-state index contributed by atoms with van der Waals surface area (Å²) < 4.78 is 12.4. The lowest BCUT2D eigenvalue weighted by molar-refractivity contribution is 0.00578. The Hall–Kier alpha value is -1.31. The third kappa shape index (κ3) is 2.57. The van der Waals surface area contributed by atoms with Gasteiger partial charge in [0.05, 0.1) is 22.7 Å². The number of hydrogen-bond acceptors (Lipinski definition) is 3. The molecule has 1 heterocycles. The highest BCUT2D eigenvalue weighted by Gasteiger charge is 2.53. The first-order valence-corrected chi connectivity index (χ1v) is 8.09. The van der Waals surface area contributed by atoms with E-state index in [0.29, 0.717) is 0 Å². The van der Waals surface area contributed by atoms with Gasteiger partial charge in [0.1, 0.15) is 0 Å². The zero-order valence-corrected chi connectivity index (χ0v) is 14.6. The molecule has 0 amide bonds. The summed E-state index contributed by atoms with van der Waals surface area (Å²) in [6.45, 7) is 12.3. The summed E-state index contributed by atoms with van der Waals surface area (Å²) in [5.41, 5.74) is 0.768. The van der Waals surface area contributed by atoms with Gasteiger partial charge in [0.15, 0.2) is 0 Å². The van der Waals surface area contributed by atoms with E-state index >= 15 is 0 Å². The van der Waals surface area contributed by atoms with Gasteiger partial charge in [-0.05, 0) is 51.6 Å². The second kappa shape index (κ2) is 5.72. The topological polar surface area (TPSA) is 42.2 Å². The molecule has 3 nitrogen and oxygen atoms in total. The zero-order chi connectivity index (χ0) is 16.6. The van der Waals surface area contributed by atoms with E-state index in [2.05, 4.69) is 19.9 Å². The number of rotatable bonds is 4. The summed E-state index contributed by atoms with van der Waals surface area (Å²) in [5, 5.41) is 9.77. The third-order valence-corrected chi connectivity index (χ3v) is 5.40. The van der Waals surface area contributed by atoms with Gasteiger partial charge in [-0.2, -0.15) is 5.26 Å². The van der Waals surface area contributed by atoms with Gasteiger partial charge in [-0.25, -0.2) is 0 Å². The monoisotopic (exact) mass is 299 g/mol.